The van der Waals surface area contributed by atoms with E-state index >= 15 is 0 Å². The lowest BCUT2D eigenvalue weighted by molar-refractivity contribution is -0.115. The Hall–Kier alpha value is -0.570. The zero-order chi connectivity index (χ0) is 18.0. The molecule has 0 saturated heterocycles. The number of fused-ring (bicyclic) bond motifs is 5. The molecule has 0 aromatic carbocycles. The predicted molar refractivity (Wildman–Crippen MR) is 101 cm³/mol. The second-order valence-electron chi connectivity index (χ2n) is 8.86. The highest BCUT2D eigenvalue weighted by atomic mass is 35.5. The van der Waals surface area contributed by atoms with Crippen molar-refractivity contribution in [2.24, 2.45) is 22.7 Å². The van der Waals surface area contributed by atoms with Gasteiger partial charge in [0.1, 0.15) is 5.60 Å². The Labute approximate surface area is 160 Å². The SMILES string of the molecule is C[C@]12CCC(=O)C=C1CC[C@@H]1C2=CC[C@@]2(C)[C@H]1CC[C@@]2(O)/C(Cl)=C\Cl. The van der Waals surface area contributed by atoms with Crippen molar-refractivity contribution in [1.82, 2.24) is 0 Å². The van der Waals surface area contributed by atoms with Gasteiger partial charge < -0.3 is 5.11 Å². The molecule has 4 heteroatoms. The molecule has 4 aliphatic rings. The molecular weight excluding hydrogens is 355 g/mol. The summed E-state index contributed by atoms with van der Waals surface area (Å²) in [6.45, 7) is 4.50. The van der Waals surface area contributed by atoms with Gasteiger partial charge in [0.15, 0.2) is 5.78 Å². The first-order chi connectivity index (χ1) is 11.8. The van der Waals surface area contributed by atoms with Gasteiger partial charge >= 0.3 is 0 Å². The van der Waals surface area contributed by atoms with Crippen LogP contribution >= 0.6 is 23.2 Å². The predicted octanol–water partition coefficient (Wildman–Crippen LogP) is 5.49. The maximum absolute atomic E-state index is 11.9. The first kappa shape index (κ1) is 17.8. The molecule has 0 spiro atoms. The van der Waals surface area contributed by atoms with Crippen LogP contribution in [-0.2, 0) is 4.79 Å². The number of hydrogen-bond acceptors (Lipinski definition) is 2. The van der Waals surface area contributed by atoms with E-state index in [1.807, 2.05) is 6.08 Å². The van der Waals surface area contributed by atoms with Gasteiger partial charge in [-0.3, -0.25) is 4.79 Å². The second-order valence-corrected chi connectivity index (χ2v) is 9.48. The summed E-state index contributed by atoms with van der Waals surface area (Å²) in [7, 11) is 0. The highest BCUT2D eigenvalue weighted by Gasteiger charge is 2.62. The molecule has 0 aromatic rings. The van der Waals surface area contributed by atoms with Crippen LogP contribution in [0.2, 0.25) is 0 Å². The summed E-state index contributed by atoms with van der Waals surface area (Å²) in [5.41, 5.74) is 2.90. The van der Waals surface area contributed by atoms with Crippen LogP contribution in [0.3, 0.4) is 0 Å². The number of rotatable bonds is 1. The smallest absolute Gasteiger partial charge is 0.155 e. The van der Waals surface area contributed by atoms with E-state index in [-0.39, 0.29) is 16.6 Å². The van der Waals surface area contributed by atoms with E-state index in [9.17, 15) is 9.90 Å². The summed E-state index contributed by atoms with van der Waals surface area (Å²) in [6.07, 6.45) is 10.4. The fourth-order valence-electron chi connectivity index (χ4n) is 6.35. The Kier molecular flexibility index (Phi) is 4.07. The average Bonchev–Trinajstić information content (AvgIpc) is 2.87. The van der Waals surface area contributed by atoms with Gasteiger partial charge in [-0.25, -0.2) is 0 Å². The summed E-state index contributed by atoms with van der Waals surface area (Å²) in [4.78, 5) is 11.9. The van der Waals surface area contributed by atoms with Crippen LogP contribution in [0.5, 0.6) is 0 Å². The van der Waals surface area contributed by atoms with E-state index in [4.69, 9.17) is 23.2 Å². The minimum absolute atomic E-state index is 0.0327. The van der Waals surface area contributed by atoms with Crippen molar-refractivity contribution in [3.8, 4) is 0 Å². The van der Waals surface area contributed by atoms with Crippen LogP contribution in [0.1, 0.15) is 58.8 Å². The maximum Gasteiger partial charge on any atom is 0.155 e. The quantitative estimate of drug-likeness (QED) is 0.610. The molecule has 2 fully saturated rings. The molecule has 4 rings (SSSR count). The van der Waals surface area contributed by atoms with E-state index in [1.54, 1.807) is 0 Å². The van der Waals surface area contributed by atoms with Crippen LogP contribution in [0.4, 0.5) is 0 Å². The molecule has 1 N–H and O–H groups in total. The van der Waals surface area contributed by atoms with Crippen molar-refractivity contribution in [3.05, 3.63) is 33.9 Å². The van der Waals surface area contributed by atoms with Crippen molar-refractivity contribution >= 4 is 29.0 Å². The Bertz CT molecular complexity index is 721. The number of carbonyl (C=O) groups excluding carboxylic acids is 1. The van der Waals surface area contributed by atoms with E-state index in [0.717, 1.165) is 32.1 Å². The molecule has 5 atom stereocenters. The van der Waals surface area contributed by atoms with Gasteiger partial charge in [0.25, 0.3) is 0 Å². The fourth-order valence-corrected chi connectivity index (χ4v) is 6.84. The molecule has 0 heterocycles. The maximum atomic E-state index is 11.9. The highest BCUT2D eigenvalue weighted by Crippen LogP contribution is 2.66. The topological polar surface area (TPSA) is 37.3 Å². The third kappa shape index (κ3) is 2.23. The zero-order valence-electron chi connectivity index (χ0n) is 14.9. The molecule has 0 aromatic heterocycles. The van der Waals surface area contributed by atoms with Crippen LogP contribution in [-0.4, -0.2) is 16.5 Å². The Morgan fingerprint density at radius 3 is 2.76 bits per heavy atom. The lowest BCUT2D eigenvalue weighted by atomic mass is 9.50. The molecular formula is C21H26Cl2O2. The molecule has 0 amide bonds. The Morgan fingerprint density at radius 1 is 1.28 bits per heavy atom. The molecule has 0 unspecified atom stereocenters. The summed E-state index contributed by atoms with van der Waals surface area (Å²) >= 11 is 12.2. The van der Waals surface area contributed by atoms with Gasteiger partial charge in [-0.05, 0) is 56.4 Å². The molecule has 0 aliphatic heterocycles. The zero-order valence-corrected chi connectivity index (χ0v) is 16.5. The van der Waals surface area contributed by atoms with Crippen molar-refractivity contribution in [3.63, 3.8) is 0 Å². The molecule has 2 saturated carbocycles. The number of hydrogen-bond donors (Lipinski definition) is 1. The number of carbonyl (C=O) groups is 1. The van der Waals surface area contributed by atoms with Crippen LogP contribution < -0.4 is 0 Å². The lowest BCUT2D eigenvalue weighted by Crippen LogP contribution is -2.51. The van der Waals surface area contributed by atoms with Crippen molar-refractivity contribution in [2.45, 2.75) is 64.4 Å². The number of aliphatic hydroxyl groups is 1. The summed E-state index contributed by atoms with van der Waals surface area (Å²) in [6, 6.07) is 0. The normalized spacial score (nSPS) is 46.8. The van der Waals surface area contributed by atoms with Gasteiger partial charge in [0.05, 0.1) is 5.03 Å². The third-order valence-electron chi connectivity index (χ3n) is 7.98. The van der Waals surface area contributed by atoms with Gasteiger partial charge in [0, 0.05) is 22.8 Å². The molecule has 2 nitrogen and oxygen atoms in total. The van der Waals surface area contributed by atoms with E-state index in [2.05, 4.69) is 19.9 Å². The van der Waals surface area contributed by atoms with Gasteiger partial charge in [0.2, 0.25) is 0 Å². The number of ketones is 1. The second kappa shape index (κ2) is 5.71. The summed E-state index contributed by atoms with van der Waals surface area (Å²) < 4.78 is 0. The fraction of sp³-hybridized carbons (Fsp3) is 0.667. The minimum Gasteiger partial charge on any atom is -0.384 e. The van der Waals surface area contributed by atoms with E-state index < -0.39 is 5.60 Å². The number of halogens is 2. The molecule has 4 aliphatic carbocycles. The summed E-state index contributed by atoms with van der Waals surface area (Å²) in [5, 5.41) is 11.7. The average molecular weight is 381 g/mol. The minimum atomic E-state index is -1.03. The van der Waals surface area contributed by atoms with Crippen molar-refractivity contribution < 1.29 is 9.90 Å². The molecule has 0 radical (unpaired) electrons. The van der Waals surface area contributed by atoms with E-state index in [0.29, 0.717) is 29.7 Å². The van der Waals surface area contributed by atoms with Gasteiger partial charge in [-0.1, -0.05) is 54.3 Å². The van der Waals surface area contributed by atoms with Crippen molar-refractivity contribution in [2.75, 3.05) is 0 Å². The largest absolute Gasteiger partial charge is 0.384 e. The van der Waals surface area contributed by atoms with Crippen LogP contribution in [0.25, 0.3) is 0 Å². The Balaban J connectivity index is 1.77. The molecule has 25 heavy (non-hydrogen) atoms. The molecule has 136 valence electrons. The molecule has 0 bridgehead atoms. The van der Waals surface area contributed by atoms with Gasteiger partial charge in [-0.15, -0.1) is 0 Å². The highest BCUT2D eigenvalue weighted by molar-refractivity contribution is 6.37. The lowest BCUT2D eigenvalue weighted by Gasteiger charge is -2.54. The van der Waals surface area contributed by atoms with Crippen molar-refractivity contribution in [1.29, 1.82) is 0 Å². The van der Waals surface area contributed by atoms with Crippen LogP contribution in [0.15, 0.2) is 33.9 Å². The summed E-state index contributed by atoms with van der Waals surface area (Å²) in [5.74, 6) is 1.17. The van der Waals surface area contributed by atoms with Gasteiger partial charge in [-0.2, -0.15) is 0 Å². The standard InChI is InChI=1S/C21H26Cl2O2/c1-19-8-5-14(24)11-13(19)3-4-15-16(19)6-9-20(2)17(15)7-10-21(20,25)18(23)12-22/h6,11-12,15,17,25H,3-5,7-10H2,1-2H3/b18-12+/t15-,17+,19+,20+,21-/m1/s1. The Morgan fingerprint density at radius 2 is 2.04 bits per heavy atom. The van der Waals surface area contributed by atoms with E-state index in [1.165, 1.54) is 16.7 Å². The monoisotopic (exact) mass is 380 g/mol. The first-order valence-corrected chi connectivity index (χ1v) is 10.2. The number of allylic oxidation sites excluding steroid dienone is 4. The first-order valence-electron chi connectivity index (χ1n) is 9.39. The van der Waals surface area contributed by atoms with Crippen LogP contribution in [0, 0.1) is 22.7 Å². The third-order valence-corrected chi connectivity index (χ3v) is 8.73.